The van der Waals surface area contributed by atoms with E-state index in [1.54, 1.807) is 17.1 Å². The average molecular weight is 323 g/mol. The topological polar surface area (TPSA) is 30.7 Å². The fourth-order valence-corrected chi connectivity index (χ4v) is 2.61. The smallest absolute Gasteiger partial charge is 0.0718 e. The minimum Gasteiger partial charge on any atom is -0.268 e. The summed E-state index contributed by atoms with van der Waals surface area (Å²) in [6, 6.07) is 7.80. The summed E-state index contributed by atoms with van der Waals surface area (Å²) >= 11 is 9.93. The summed E-state index contributed by atoms with van der Waals surface area (Å²) in [7, 11) is 1.89. The Bertz CT molecular complexity index is 736. The van der Waals surface area contributed by atoms with Crippen LogP contribution in [0, 0.1) is 0 Å². The van der Waals surface area contributed by atoms with E-state index in [-0.39, 0.29) is 0 Å². The van der Waals surface area contributed by atoms with Gasteiger partial charge in [0.05, 0.1) is 16.2 Å². The second-order valence-corrected chi connectivity index (χ2v) is 5.28. The second kappa shape index (κ2) is 4.37. The third-order valence-corrected chi connectivity index (χ3v) is 3.76. The molecule has 18 heavy (non-hydrogen) atoms. The predicted octanol–water partition coefficient (Wildman–Crippen LogP) is 4.05. The fraction of sp³-hybridized carbons (Fsp3) is 0.0769. The Morgan fingerprint density at radius 1 is 1.28 bits per heavy atom. The highest BCUT2D eigenvalue weighted by molar-refractivity contribution is 9.10. The predicted molar refractivity (Wildman–Crippen MR) is 76.7 cm³/mol. The van der Waals surface area contributed by atoms with Gasteiger partial charge in [0.25, 0.3) is 0 Å². The first-order valence-corrected chi connectivity index (χ1v) is 6.56. The molecule has 0 radical (unpaired) electrons. The van der Waals surface area contributed by atoms with Crippen LogP contribution in [0.4, 0.5) is 0 Å². The molecule has 1 aromatic carbocycles. The van der Waals surface area contributed by atoms with Crippen LogP contribution in [0.5, 0.6) is 0 Å². The highest BCUT2D eigenvalue weighted by Crippen LogP contribution is 2.33. The van der Waals surface area contributed by atoms with Crippen LogP contribution in [0.2, 0.25) is 5.02 Å². The van der Waals surface area contributed by atoms with Crippen molar-refractivity contribution in [2.45, 2.75) is 0 Å². The summed E-state index contributed by atoms with van der Waals surface area (Å²) in [4.78, 5) is 4.43. The lowest BCUT2D eigenvalue weighted by Crippen LogP contribution is -1.95. The van der Waals surface area contributed by atoms with Gasteiger partial charge in [-0.1, -0.05) is 27.5 Å². The van der Waals surface area contributed by atoms with Gasteiger partial charge in [0.1, 0.15) is 0 Å². The molecule has 5 heteroatoms. The maximum Gasteiger partial charge on any atom is 0.0718 e. The van der Waals surface area contributed by atoms with Crippen LogP contribution in [0.3, 0.4) is 0 Å². The molecule has 0 spiro atoms. The first kappa shape index (κ1) is 11.7. The van der Waals surface area contributed by atoms with Crippen molar-refractivity contribution in [2.24, 2.45) is 7.05 Å². The standard InChI is InChI=1S/C13H9BrClN3/c1-18-12(4-5-17-18)10-7-16-11-3-2-8(14)6-9(11)13(10)15/h2-7H,1H3. The molecular formula is C13H9BrClN3. The van der Waals surface area contributed by atoms with Gasteiger partial charge in [0, 0.05) is 34.9 Å². The van der Waals surface area contributed by atoms with E-state index in [0.29, 0.717) is 5.02 Å². The number of aromatic nitrogens is 3. The van der Waals surface area contributed by atoms with Crippen molar-refractivity contribution in [3.05, 3.63) is 46.2 Å². The lowest BCUT2D eigenvalue weighted by Gasteiger charge is -2.07. The molecule has 3 aromatic rings. The van der Waals surface area contributed by atoms with Gasteiger partial charge in [0.15, 0.2) is 0 Å². The van der Waals surface area contributed by atoms with Crippen molar-refractivity contribution in [3.63, 3.8) is 0 Å². The van der Waals surface area contributed by atoms with E-state index in [0.717, 1.165) is 26.6 Å². The SMILES string of the molecule is Cn1nccc1-c1cnc2ccc(Br)cc2c1Cl. The quantitative estimate of drug-likeness (QED) is 0.676. The van der Waals surface area contributed by atoms with Crippen molar-refractivity contribution in [2.75, 3.05) is 0 Å². The lowest BCUT2D eigenvalue weighted by atomic mass is 10.1. The molecule has 0 aliphatic heterocycles. The number of aryl methyl sites for hydroxylation is 1. The van der Waals surface area contributed by atoms with Gasteiger partial charge in [0.2, 0.25) is 0 Å². The third kappa shape index (κ3) is 1.82. The Balaban J connectivity index is 2.32. The number of fused-ring (bicyclic) bond motifs is 1. The molecule has 2 aromatic heterocycles. The summed E-state index contributed by atoms with van der Waals surface area (Å²) in [5.41, 5.74) is 2.73. The number of hydrogen-bond acceptors (Lipinski definition) is 2. The summed E-state index contributed by atoms with van der Waals surface area (Å²) in [6.07, 6.45) is 3.53. The number of nitrogens with zero attached hydrogens (tertiary/aromatic N) is 3. The van der Waals surface area contributed by atoms with Crippen LogP contribution in [-0.2, 0) is 7.05 Å². The molecule has 3 nitrogen and oxygen atoms in total. The normalized spacial score (nSPS) is 11.1. The number of rotatable bonds is 1. The molecule has 0 atom stereocenters. The van der Waals surface area contributed by atoms with Crippen LogP contribution in [0.15, 0.2) is 41.1 Å². The molecule has 0 fully saturated rings. The molecule has 0 N–H and O–H groups in total. The highest BCUT2D eigenvalue weighted by Gasteiger charge is 2.11. The van der Waals surface area contributed by atoms with Gasteiger partial charge in [-0.2, -0.15) is 5.10 Å². The zero-order chi connectivity index (χ0) is 12.7. The molecule has 0 aliphatic carbocycles. The molecule has 0 unspecified atom stereocenters. The van der Waals surface area contributed by atoms with Gasteiger partial charge in [-0.25, -0.2) is 0 Å². The lowest BCUT2D eigenvalue weighted by molar-refractivity contribution is 0.775. The summed E-state index contributed by atoms with van der Waals surface area (Å²) in [5, 5.41) is 5.79. The Labute approximate surface area is 118 Å². The largest absolute Gasteiger partial charge is 0.268 e. The van der Waals surface area contributed by atoms with Crippen LogP contribution >= 0.6 is 27.5 Å². The van der Waals surface area contributed by atoms with Crippen molar-refractivity contribution in [1.29, 1.82) is 0 Å². The van der Waals surface area contributed by atoms with Crippen LogP contribution in [0.25, 0.3) is 22.2 Å². The minimum absolute atomic E-state index is 0.699. The Morgan fingerprint density at radius 3 is 2.83 bits per heavy atom. The minimum atomic E-state index is 0.699. The van der Waals surface area contributed by atoms with E-state index in [1.807, 2.05) is 31.3 Å². The summed E-state index contributed by atoms with van der Waals surface area (Å²) < 4.78 is 2.77. The van der Waals surface area contributed by atoms with E-state index < -0.39 is 0 Å². The van der Waals surface area contributed by atoms with Crippen molar-refractivity contribution >= 4 is 38.4 Å². The van der Waals surface area contributed by atoms with Gasteiger partial charge in [-0.15, -0.1) is 0 Å². The summed E-state index contributed by atoms with van der Waals surface area (Å²) in [5.74, 6) is 0. The van der Waals surface area contributed by atoms with E-state index in [2.05, 4.69) is 26.0 Å². The first-order valence-electron chi connectivity index (χ1n) is 5.39. The zero-order valence-electron chi connectivity index (χ0n) is 9.56. The van der Waals surface area contributed by atoms with Crippen LogP contribution in [0.1, 0.15) is 0 Å². The Kier molecular flexibility index (Phi) is 2.84. The van der Waals surface area contributed by atoms with Gasteiger partial charge >= 0.3 is 0 Å². The van der Waals surface area contributed by atoms with Gasteiger partial charge in [-0.05, 0) is 24.3 Å². The van der Waals surface area contributed by atoms with Gasteiger partial charge in [-0.3, -0.25) is 9.67 Å². The third-order valence-electron chi connectivity index (χ3n) is 2.86. The number of hydrogen-bond donors (Lipinski definition) is 0. The maximum atomic E-state index is 6.48. The van der Waals surface area contributed by atoms with Crippen molar-refractivity contribution < 1.29 is 0 Å². The fourth-order valence-electron chi connectivity index (χ4n) is 1.95. The molecule has 0 bridgehead atoms. The van der Waals surface area contributed by atoms with E-state index >= 15 is 0 Å². The van der Waals surface area contributed by atoms with E-state index in [9.17, 15) is 0 Å². The monoisotopic (exact) mass is 321 g/mol. The van der Waals surface area contributed by atoms with Crippen molar-refractivity contribution in [1.82, 2.24) is 14.8 Å². The molecule has 90 valence electrons. The second-order valence-electron chi connectivity index (χ2n) is 3.99. The number of halogens is 2. The molecule has 0 saturated heterocycles. The molecular weight excluding hydrogens is 314 g/mol. The molecule has 2 heterocycles. The van der Waals surface area contributed by atoms with E-state index in [1.165, 1.54) is 0 Å². The number of benzene rings is 1. The number of pyridine rings is 1. The van der Waals surface area contributed by atoms with Crippen LogP contribution in [-0.4, -0.2) is 14.8 Å². The Morgan fingerprint density at radius 2 is 2.11 bits per heavy atom. The zero-order valence-corrected chi connectivity index (χ0v) is 11.9. The average Bonchev–Trinajstić information content (AvgIpc) is 2.77. The van der Waals surface area contributed by atoms with Crippen LogP contribution < -0.4 is 0 Å². The van der Waals surface area contributed by atoms with Gasteiger partial charge < -0.3 is 0 Å². The van der Waals surface area contributed by atoms with E-state index in [4.69, 9.17) is 11.6 Å². The molecule has 3 rings (SSSR count). The molecule has 0 saturated carbocycles. The Hall–Kier alpha value is -1.39. The van der Waals surface area contributed by atoms with Crippen molar-refractivity contribution in [3.8, 4) is 11.3 Å². The molecule has 0 aliphatic rings. The first-order chi connectivity index (χ1) is 8.66. The summed E-state index contributed by atoms with van der Waals surface area (Å²) in [6.45, 7) is 0. The highest BCUT2D eigenvalue weighted by atomic mass is 79.9. The maximum absolute atomic E-state index is 6.48. The molecule has 0 amide bonds.